The summed E-state index contributed by atoms with van der Waals surface area (Å²) in [6, 6.07) is 3.35. The summed E-state index contributed by atoms with van der Waals surface area (Å²) in [5.74, 6) is -0.345. The molecule has 1 aromatic rings. The van der Waals surface area contributed by atoms with Crippen LogP contribution in [0.15, 0.2) is 23.1 Å². The Morgan fingerprint density at radius 1 is 1.26 bits per heavy atom. The average molecular weight is 363 g/mol. The van der Waals surface area contributed by atoms with Crippen LogP contribution in [0.2, 0.25) is 5.02 Å². The fraction of sp³-hybridized carbons (Fsp3) is 0.533. The van der Waals surface area contributed by atoms with Crippen molar-refractivity contribution in [1.29, 1.82) is 0 Å². The Labute approximate surface area is 141 Å². The summed E-state index contributed by atoms with van der Waals surface area (Å²) in [5, 5.41) is -0.225. The van der Waals surface area contributed by atoms with Crippen molar-refractivity contribution >= 4 is 27.5 Å². The van der Waals surface area contributed by atoms with Crippen molar-refractivity contribution in [3.63, 3.8) is 0 Å². The second kappa shape index (κ2) is 7.15. The molecule has 0 saturated carbocycles. The predicted molar refractivity (Wildman–Crippen MR) is 86.2 cm³/mol. The molecule has 2 rings (SSSR count). The second-order valence-electron chi connectivity index (χ2n) is 5.96. The number of piperazine rings is 1. The van der Waals surface area contributed by atoms with E-state index in [9.17, 15) is 17.6 Å². The number of nitrogens with zero attached hydrogens (tertiary/aromatic N) is 2. The van der Waals surface area contributed by atoms with Gasteiger partial charge in [0.1, 0.15) is 5.82 Å². The highest BCUT2D eigenvalue weighted by atomic mass is 35.5. The molecule has 1 aliphatic rings. The summed E-state index contributed by atoms with van der Waals surface area (Å²) < 4.78 is 39.6. The molecule has 0 radical (unpaired) electrons. The van der Waals surface area contributed by atoms with E-state index in [1.165, 1.54) is 10.4 Å². The molecule has 8 heteroatoms. The molecule has 1 amide bonds. The van der Waals surface area contributed by atoms with Gasteiger partial charge in [-0.3, -0.25) is 4.79 Å². The smallest absolute Gasteiger partial charge is 0.243 e. The third-order valence-electron chi connectivity index (χ3n) is 3.70. The maximum atomic E-state index is 13.2. The van der Waals surface area contributed by atoms with Crippen LogP contribution in [0.3, 0.4) is 0 Å². The van der Waals surface area contributed by atoms with E-state index in [0.29, 0.717) is 19.5 Å². The van der Waals surface area contributed by atoms with Gasteiger partial charge in [0.2, 0.25) is 15.9 Å². The van der Waals surface area contributed by atoms with Gasteiger partial charge in [0.25, 0.3) is 0 Å². The molecule has 0 bridgehead atoms. The number of rotatable bonds is 4. The van der Waals surface area contributed by atoms with Crippen LogP contribution in [0.5, 0.6) is 0 Å². The molecule has 1 aliphatic heterocycles. The lowest BCUT2D eigenvalue weighted by atomic mass is 10.1. The zero-order valence-corrected chi connectivity index (χ0v) is 14.7. The van der Waals surface area contributed by atoms with E-state index in [1.54, 1.807) is 4.90 Å². The zero-order chi connectivity index (χ0) is 17.2. The number of benzene rings is 1. The van der Waals surface area contributed by atoms with E-state index in [2.05, 4.69) is 0 Å². The normalized spacial score (nSPS) is 16.8. The first-order valence-electron chi connectivity index (χ1n) is 7.45. The molecule has 0 atom stereocenters. The summed E-state index contributed by atoms with van der Waals surface area (Å²) >= 11 is 5.66. The molecule has 128 valence electrons. The first-order chi connectivity index (χ1) is 10.7. The summed E-state index contributed by atoms with van der Waals surface area (Å²) in [6.45, 7) is 5.11. The van der Waals surface area contributed by atoms with Crippen LogP contribution in [-0.2, 0) is 14.8 Å². The molecule has 23 heavy (non-hydrogen) atoms. The van der Waals surface area contributed by atoms with Gasteiger partial charge in [-0.15, -0.1) is 0 Å². The number of amides is 1. The molecule has 1 saturated heterocycles. The van der Waals surface area contributed by atoms with Gasteiger partial charge in [0.15, 0.2) is 0 Å². The molecular formula is C15H20ClFN2O3S. The van der Waals surface area contributed by atoms with Gasteiger partial charge in [-0.25, -0.2) is 12.8 Å². The lowest BCUT2D eigenvalue weighted by molar-refractivity contribution is -0.133. The van der Waals surface area contributed by atoms with Gasteiger partial charge in [-0.2, -0.15) is 4.31 Å². The van der Waals surface area contributed by atoms with Crippen LogP contribution in [0.4, 0.5) is 4.39 Å². The highest BCUT2D eigenvalue weighted by Gasteiger charge is 2.30. The summed E-state index contributed by atoms with van der Waals surface area (Å²) in [7, 11) is -3.73. The van der Waals surface area contributed by atoms with E-state index in [1.807, 2.05) is 13.8 Å². The number of hydrogen-bond donors (Lipinski definition) is 0. The Morgan fingerprint density at radius 3 is 2.39 bits per heavy atom. The fourth-order valence-electron chi connectivity index (χ4n) is 2.44. The van der Waals surface area contributed by atoms with Crippen molar-refractivity contribution in [3.8, 4) is 0 Å². The molecular weight excluding hydrogens is 343 g/mol. The van der Waals surface area contributed by atoms with Gasteiger partial charge < -0.3 is 4.90 Å². The SMILES string of the molecule is CC(C)CC(=O)N1CCN(S(=O)(=O)c2ccc(F)c(Cl)c2)CC1. The Balaban J connectivity index is 2.06. The minimum Gasteiger partial charge on any atom is -0.340 e. The quantitative estimate of drug-likeness (QED) is 0.826. The number of hydrogen-bond acceptors (Lipinski definition) is 3. The van der Waals surface area contributed by atoms with Crippen molar-refractivity contribution in [2.24, 2.45) is 5.92 Å². The van der Waals surface area contributed by atoms with Crippen molar-refractivity contribution in [1.82, 2.24) is 9.21 Å². The summed E-state index contributed by atoms with van der Waals surface area (Å²) in [6.07, 6.45) is 0.459. The molecule has 1 fully saturated rings. The third kappa shape index (κ3) is 4.22. The largest absolute Gasteiger partial charge is 0.340 e. The van der Waals surface area contributed by atoms with E-state index in [0.717, 1.165) is 12.1 Å². The van der Waals surface area contributed by atoms with Crippen LogP contribution >= 0.6 is 11.6 Å². The van der Waals surface area contributed by atoms with Gasteiger partial charge in [-0.05, 0) is 24.1 Å². The molecule has 1 heterocycles. The molecule has 0 spiro atoms. The molecule has 1 aromatic carbocycles. The van der Waals surface area contributed by atoms with Crippen molar-refractivity contribution < 1.29 is 17.6 Å². The molecule has 0 N–H and O–H groups in total. The van der Waals surface area contributed by atoms with Crippen molar-refractivity contribution in [2.75, 3.05) is 26.2 Å². The van der Waals surface area contributed by atoms with Crippen LogP contribution in [0.25, 0.3) is 0 Å². The third-order valence-corrected chi connectivity index (χ3v) is 5.89. The van der Waals surface area contributed by atoms with Crippen LogP contribution < -0.4 is 0 Å². The molecule has 0 aliphatic carbocycles. The maximum Gasteiger partial charge on any atom is 0.243 e. The Morgan fingerprint density at radius 2 is 1.87 bits per heavy atom. The average Bonchev–Trinajstić information content (AvgIpc) is 2.49. The zero-order valence-electron chi connectivity index (χ0n) is 13.1. The van der Waals surface area contributed by atoms with Gasteiger partial charge >= 0.3 is 0 Å². The van der Waals surface area contributed by atoms with Gasteiger partial charge in [-0.1, -0.05) is 25.4 Å². The standard InChI is InChI=1S/C15H20ClFN2O3S/c1-11(2)9-15(20)18-5-7-19(8-6-18)23(21,22)12-3-4-14(17)13(16)10-12/h3-4,10-11H,5-9H2,1-2H3. The number of carbonyl (C=O) groups excluding carboxylic acids is 1. The lowest BCUT2D eigenvalue weighted by Crippen LogP contribution is -2.50. The van der Waals surface area contributed by atoms with E-state index < -0.39 is 15.8 Å². The molecule has 0 unspecified atom stereocenters. The predicted octanol–water partition coefficient (Wildman–Crippen LogP) is 2.36. The second-order valence-corrected chi connectivity index (χ2v) is 8.30. The number of carbonyl (C=O) groups is 1. The van der Waals surface area contributed by atoms with Crippen LogP contribution in [0, 0.1) is 11.7 Å². The van der Waals surface area contributed by atoms with Crippen molar-refractivity contribution in [3.05, 3.63) is 29.0 Å². The highest BCUT2D eigenvalue weighted by Crippen LogP contribution is 2.23. The molecule has 5 nitrogen and oxygen atoms in total. The Bertz CT molecular complexity index is 686. The maximum absolute atomic E-state index is 13.2. The van der Waals surface area contributed by atoms with E-state index in [4.69, 9.17) is 11.6 Å². The first kappa shape index (κ1) is 18.2. The van der Waals surface area contributed by atoms with Crippen LogP contribution in [0.1, 0.15) is 20.3 Å². The molecule has 0 aromatic heterocycles. The first-order valence-corrected chi connectivity index (χ1v) is 9.26. The van der Waals surface area contributed by atoms with Crippen molar-refractivity contribution in [2.45, 2.75) is 25.2 Å². The monoisotopic (exact) mass is 362 g/mol. The highest BCUT2D eigenvalue weighted by molar-refractivity contribution is 7.89. The van der Waals surface area contributed by atoms with E-state index in [-0.39, 0.29) is 34.8 Å². The van der Waals surface area contributed by atoms with E-state index >= 15 is 0 Å². The Kier molecular flexibility index (Phi) is 5.65. The lowest BCUT2D eigenvalue weighted by Gasteiger charge is -2.34. The van der Waals surface area contributed by atoms with Gasteiger partial charge in [0, 0.05) is 32.6 Å². The van der Waals surface area contributed by atoms with Gasteiger partial charge in [0.05, 0.1) is 9.92 Å². The minimum absolute atomic E-state index is 0.0362. The number of sulfonamides is 1. The fourth-order valence-corrected chi connectivity index (χ4v) is 4.14. The number of halogens is 2. The van der Waals surface area contributed by atoms with Crippen LogP contribution in [-0.4, -0.2) is 49.7 Å². The Hall–Kier alpha value is -1.18. The topological polar surface area (TPSA) is 57.7 Å². The summed E-state index contributed by atoms with van der Waals surface area (Å²) in [4.78, 5) is 13.7. The summed E-state index contributed by atoms with van der Waals surface area (Å²) in [5.41, 5.74) is 0. The minimum atomic E-state index is -3.73.